The maximum Gasteiger partial charge on any atom is 0.252 e. The first-order valence-electron chi connectivity index (χ1n) is 6.54. The number of hydrogen-bond donors (Lipinski definition) is 2. The summed E-state index contributed by atoms with van der Waals surface area (Å²) in [6.07, 6.45) is 3.12. The number of pyridine rings is 2. The molecule has 0 aliphatic heterocycles. The average Bonchev–Trinajstić information content (AvgIpc) is 2.51. The van der Waals surface area contributed by atoms with Crippen LogP contribution in [0.5, 0.6) is 0 Å². The van der Waals surface area contributed by atoms with Gasteiger partial charge in [-0.1, -0.05) is 17.9 Å². The molecule has 0 aliphatic carbocycles. The van der Waals surface area contributed by atoms with Crippen molar-refractivity contribution in [3.63, 3.8) is 0 Å². The lowest BCUT2D eigenvalue weighted by atomic mass is 10.1. The maximum atomic E-state index is 12.2. The average molecular weight is 280 g/mol. The van der Waals surface area contributed by atoms with Gasteiger partial charge >= 0.3 is 0 Å². The van der Waals surface area contributed by atoms with Gasteiger partial charge in [0.1, 0.15) is 0 Å². The van der Waals surface area contributed by atoms with Gasteiger partial charge in [-0.2, -0.15) is 0 Å². The minimum Gasteiger partial charge on any atom is -0.346 e. The third-order valence-corrected chi connectivity index (χ3v) is 2.77. The minimum atomic E-state index is -0.206. The molecule has 1 amide bonds. The van der Waals surface area contributed by atoms with Crippen molar-refractivity contribution in [3.05, 3.63) is 59.2 Å². The summed E-state index contributed by atoms with van der Waals surface area (Å²) in [6.45, 7) is 2.52. The van der Waals surface area contributed by atoms with E-state index in [1.54, 1.807) is 18.5 Å². The van der Waals surface area contributed by atoms with E-state index in [1.165, 1.54) is 0 Å². The molecule has 0 saturated heterocycles. The van der Waals surface area contributed by atoms with Crippen molar-refractivity contribution in [1.29, 1.82) is 0 Å². The Kier molecular flexibility index (Phi) is 5.02. The third kappa shape index (κ3) is 4.13. The molecule has 2 aromatic heterocycles. The molecule has 0 fully saturated rings. The summed E-state index contributed by atoms with van der Waals surface area (Å²) in [7, 11) is 0. The molecule has 0 aliphatic rings. The SMILES string of the molecule is Cc1cccc(CNC(=O)c2ccncc2C#CCN)n1. The first kappa shape index (κ1) is 14.7. The van der Waals surface area contributed by atoms with Crippen LogP contribution < -0.4 is 11.1 Å². The number of amides is 1. The van der Waals surface area contributed by atoms with E-state index in [9.17, 15) is 4.79 Å². The normalized spacial score (nSPS) is 9.62. The smallest absolute Gasteiger partial charge is 0.252 e. The summed E-state index contributed by atoms with van der Waals surface area (Å²) in [5.74, 6) is 5.37. The maximum absolute atomic E-state index is 12.2. The Balaban J connectivity index is 2.10. The molecule has 106 valence electrons. The monoisotopic (exact) mass is 280 g/mol. The third-order valence-electron chi connectivity index (χ3n) is 2.77. The Morgan fingerprint density at radius 2 is 2.24 bits per heavy atom. The van der Waals surface area contributed by atoms with Crippen molar-refractivity contribution in [1.82, 2.24) is 15.3 Å². The summed E-state index contributed by atoms with van der Waals surface area (Å²) in [5, 5.41) is 2.83. The van der Waals surface area contributed by atoms with Gasteiger partial charge in [-0.25, -0.2) is 0 Å². The van der Waals surface area contributed by atoms with Crippen LogP contribution in [-0.2, 0) is 6.54 Å². The zero-order chi connectivity index (χ0) is 15.1. The van der Waals surface area contributed by atoms with Gasteiger partial charge in [-0.15, -0.1) is 0 Å². The number of aryl methyl sites for hydroxylation is 1. The van der Waals surface area contributed by atoms with Gasteiger partial charge in [0.05, 0.1) is 29.9 Å². The van der Waals surface area contributed by atoms with Crippen LogP contribution in [0.1, 0.15) is 27.3 Å². The van der Waals surface area contributed by atoms with E-state index in [0.717, 1.165) is 11.4 Å². The minimum absolute atomic E-state index is 0.206. The van der Waals surface area contributed by atoms with Crippen LogP contribution >= 0.6 is 0 Å². The summed E-state index contributed by atoms with van der Waals surface area (Å²) in [5.41, 5.74) is 8.13. The molecule has 21 heavy (non-hydrogen) atoms. The van der Waals surface area contributed by atoms with Gasteiger partial charge in [0.25, 0.3) is 5.91 Å². The molecule has 3 N–H and O–H groups in total. The highest BCUT2D eigenvalue weighted by molar-refractivity contribution is 5.96. The number of carbonyl (C=O) groups excluding carboxylic acids is 1. The first-order chi connectivity index (χ1) is 10.2. The standard InChI is InChI=1S/C16H16N4O/c1-12-4-2-6-14(20-12)11-19-16(21)15-7-9-18-10-13(15)5-3-8-17/h2,4,6-7,9-10H,8,11,17H2,1H3,(H,19,21). The summed E-state index contributed by atoms with van der Waals surface area (Å²) < 4.78 is 0. The number of aromatic nitrogens is 2. The second-order valence-corrected chi connectivity index (χ2v) is 4.38. The summed E-state index contributed by atoms with van der Waals surface area (Å²) in [6, 6.07) is 7.33. The van der Waals surface area contributed by atoms with E-state index in [1.807, 2.05) is 25.1 Å². The molecule has 0 spiro atoms. The summed E-state index contributed by atoms with van der Waals surface area (Å²) >= 11 is 0. The Labute approximate surface area is 123 Å². The van der Waals surface area contributed by atoms with Crippen molar-refractivity contribution < 1.29 is 4.79 Å². The van der Waals surface area contributed by atoms with Crippen molar-refractivity contribution in [2.24, 2.45) is 5.73 Å². The van der Waals surface area contributed by atoms with E-state index in [2.05, 4.69) is 27.1 Å². The lowest BCUT2D eigenvalue weighted by Gasteiger charge is -2.07. The molecule has 0 atom stereocenters. The van der Waals surface area contributed by atoms with Crippen LogP contribution in [0.25, 0.3) is 0 Å². The number of nitrogens with two attached hydrogens (primary N) is 1. The van der Waals surface area contributed by atoms with Crippen molar-refractivity contribution in [2.75, 3.05) is 6.54 Å². The summed E-state index contributed by atoms with van der Waals surface area (Å²) in [4.78, 5) is 20.5. The van der Waals surface area contributed by atoms with Gasteiger partial charge in [-0.05, 0) is 25.1 Å². The number of carbonyl (C=O) groups is 1. The van der Waals surface area contributed by atoms with Crippen LogP contribution in [0, 0.1) is 18.8 Å². The van der Waals surface area contributed by atoms with E-state index >= 15 is 0 Å². The van der Waals surface area contributed by atoms with Gasteiger partial charge in [0.15, 0.2) is 0 Å². The highest BCUT2D eigenvalue weighted by Gasteiger charge is 2.10. The topological polar surface area (TPSA) is 80.9 Å². The molecule has 0 saturated carbocycles. The zero-order valence-electron chi connectivity index (χ0n) is 11.8. The predicted octanol–water partition coefficient (Wildman–Crippen LogP) is 1.03. The fourth-order valence-corrected chi connectivity index (χ4v) is 1.80. The van der Waals surface area contributed by atoms with Crippen LogP contribution in [0.15, 0.2) is 36.7 Å². The van der Waals surface area contributed by atoms with Crippen LogP contribution in [0.2, 0.25) is 0 Å². The fourth-order valence-electron chi connectivity index (χ4n) is 1.80. The number of nitrogens with one attached hydrogen (secondary N) is 1. The second kappa shape index (κ2) is 7.17. The Morgan fingerprint density at radius 3 is 3.00 bits per heavy atom. The Bertz CT molecular complexity index is 701. The Hall–Kier alpha value is -2.71. The molecule has 5 heteroatoms. The molecule has 2 rings (SSSR count). The van der Waals surface area contributed by atoms with Gasteiger partial charge in [-0.3, -0.25) is 14.8 Å². The van der Waals surface area contributed by atoms with E-state index < -0.39 is 0 Å². The molecule has 2 heterocycles. The predicted molar refractivity (Wildman–Crippen MR) is 80.3 cm³/mol. The molecule has 0 bridgehead atoms. The quantitative estimate of drug-likeness (QED) is 0.823. The van der Waals surface area contributed by atoms with E-state index in [0.29, 0.717) is 17.7 Å². The van der Waals surface area contributed by atoms with E-state index in [4.69, 9.17) is 5.73 Å². The van der Waals surface area contributed by atoms with Crippen molar-refractivity contribution in [3.8, 4) is 11.8 Å². The molecule has 2 aromatic rings. The van der Waals surface area contributed by atoms with Crippen LogP contribution in [0.4, 0.5) is 0 Å². The van der Waals surface area contributed by atoms with E-state index in [-0.39, 0.29) is 12.5 Å². The Morgan fingerprint density at radius 1 is 1.38 bits per heavy atom. The van der Waals surface area contributed by atoms with Crippen molar-refractivity contribution >= 4 is 5.91 Å². The van der Waals surface area contributed by atoms with Crippen molar-refractivity contribution in [2.45, 2.75) is 13.5 Å². The molecule has 0 radical (unpaired) electrons. The van der Waals surface area contributed by atoms with Gasteiger partial charge < -0.3 is 11.1 Å². The highest BCUT2D eigenvalue weighted by Crippen LogP contribution is 2.06. The molecular weight excluding hydrogens is 264 g/mol. The molecule has 0 unspecified atom stereocenters. The second-order valence-electron chi connectivity index (χ2n) is 4.38. The first-order valence-corrected chi connectivity index (χ1v) is 6.54. The molecule has 0 aromatic carbocycles. The molecular formula is C16H16N4O. The number of nitrogens with zero attached hydrogens (tertiary/aromatic N) is 2. The van der Waals surface area contributed by atoms with Crippen LogP contribution in [0.3, 0.4) is 0 Å². The van der Waals surface area contributed by atoms with Crippen LogP contribution in [-0.4, -0.2) is 22.4 Å². The number of hydrogen-bond acceptors (Lipinski definition) is 4. The van der Waals surface area contributed by atoms with Gasteiger partial charge in [0, 0.05) is 18.1 Å². The van der Waals surface area contributed by atoms with Gasteiger partial charge in [0.2, 0.25) is 0 Å². The zero-order valence-corrected chi connectivity index (χ0v) is 11.8. The number of rotatable bonds is 3. The largest absolute Gasteiger partial charge is 0.346 e. The fraction of sp³-hybridized carbons (Fsp3) is 0.188. The lowest BCUT2D eigenvalue weighted by Crippen LogP contribution is -2.24. The lowest BCUT2D eigenvalue weighted by molar-refractivity contribution is 0.0950. The highest BCUT2D eigenvalue weighted by atomic mass is 16.1. The molecule has 5 nitrogen and oxygen atoms in total.